The lowest BCUT2D eigenvalue weighted by atomic mass is 10.1. The van der Waals surface area contributed by atoms with Crippen LogP contribution in [-0.4, -0.2) is 16.7 Å². The summed E-state index contributed by atoms with van der Waals surface area (Å²) in [5.41, 5.74) is 4.79. The Kier molecular flexibility index (Phi) is 9.14. The third-order valence-electron chi connectivity index (χ3n) is 3.78. The molecule has 3 heteroatoms. The predicted octanol–water partition coefficient (Wildman–Crippen LogP) is 6.72. The van der Waals surface area contributed by atoms with Gasteiger partial charge >= 0.3 is 5.97 Å². The highest BCUT2D eigenvalue weighted by Crippen LogP contribution is 2.17. The van der Waals surface area contributed by atoms with Crippen LogP contribution in [0.4, 0.5) is 0 Å². The Balaban J connectivity index is 0.000000359. The molecule has 0 amide bonds. The van der Waals surface area contributed by atoms with Crippen LogP contribution in [0.15, 0.2) is 72.8 Å². The minimum Gasteiger partial charge on any atom is -0.508 e. The van der Waals surface area contributed by atoms with Gasteiger partial charge in [-0.15, -0.1) is 0 Å². The Labute approximate surface area is 175 Å². The fourth-order valence-corrected chi connectivity index (χ4v) is 2.17. The lowest BCUT2D eigenvalue weighted by molar-refractivity contribution is -0.149. The van der Waals surface area contributed by atoms with E-state index in [1.807, 2.05) is 39.0 Å². The molecular weight excluding hydrogens is 360 g/mol. The molecule has 0 radical (unpaired) electrons. The summed E-state index contributed by atoms with van der Waals surface area (Å²) in [6, 6.07) is 15.7. The van der Waals surface area contributed by atoms with Crippen LogP contribution in [-0.2, 0) is 9.53 Å². The minimum absolute atomic E-state index is 0.298. The molecule has 0 aromatic heterocycles. The largest absolute Gasteiger partial charge is 0.508 e. The van der Waals surface area contributed by atoms with Gasteiger partial charge < -0.3 is 9.84 Å². The van der Waals surface area contributed by atoms with Crippen LogP contribution >= 0.6 is 0 Å². The molecule has 0 spiro atoms. The summed E-state index contributed by atoms with van der Waals surface area (Å²) in [6.45, 7) is 14.7. The molecule has 0 saturated carbocycles. The van der Waals surface area contributed by atoms with Crippen molar-refractivity contribution in [2.24, 2.45) is 0 Å². The number of hydrogen-bond acceptors (Lipinski definition) is 3. The average molecular weight is 393 g/mol. The van der Waals surface area contributed by atoms with Crippen LogP contribution in [0.5, 0.6) is 5.75 Å². The monoisotopic (exact) mass is 392 g/mol. The number of phenols is 1. The van der Waals surface area contributed by atoms with Crippen LogP contribution in [0.2, 0.25) is 0 Å². The normalized spacial score (nSPS) is 11.6. The predicted molar refractivity (Wildman–Crippen MR) is 123 cm³/mol. The number of carbonyl (C=O) groups excluding carboxylic acids is 1. The Morgan fingerprint density at radius 1 is 1.00 bits per heavy atom. The molecule has 2 aromatic carbocycles. The van der Waals surface area contributed by atoms with Gasteiger partial charge in [0.05, 0.1) is 0 Å². The van der Waals surface area contributed by atoms with Crippen molar-refractivity contribution in [1.82, 2.24) is 0 Å². The maximum absolute atomic E-state index is 10.8. The van der Waals surface area contributed by atoms with E-state index in [-0.39, 0.29) is 5.97 Å². The first kappa shape index (κ1) is 24.0. The van der Waals surface area contributed by atoms with E-state index in [0.717, 1.165) is 5.56 Å². The van der Waals surface area contributed by atoms with Crippen LogP contribution < -0.4 is 0 Å². The van der Waals surface area contributed by atoms with E-state index >= 15 is 0 Å². The van der Waals surface area contributed by atoms with Crippen LogP contribution in [0, 0.1) is 6.92 Å². The third kappa shape index (κ3) is 10.2. The van der Waals surface area contributed by atoms with Gasteiger partial charge in [-0.2, -0.15) is 0 Å². The molecule has 0 aliphatic heterocycles. The lowest BCUT2D eigenvalue weighted by Gasteiger charge is -2.19. The zero-order chi connectivity index (χ0) is 22.0. The number of allylic oxidation sites excluding steroid dienone is 3. The molecule has 154 valence electrons. The molecule has 2 rings (SSSR count). The number of aromatic hydroxyl groups is 1. The third-order valence-corrected chi connectivity index (χ3v) is 3.78. The van der Waals surface area contributed by atoms with E-state index in [1.54, 1.807) is 19.1 Å². The number of carbonyl (C=O) groups is 1. The number of ether oxygens (including phenoxy) is 1. The molecular formula is C26H32O3. The van der Waals surface area contributed by atoms with E-state index in [4.69, 9.17) is 4.74 Å². The first-order valence-electron chi connectivity index (χ1n) is 9.58. The summed E-state index contributed by atoms with van der Waals surface area (Å²) < 4.78 is 4.96. The van der Waals surface area contributed by atoms with E-state index in [9.17, 15) is 9.90 Å². The second-order valence-electron chi connectivity index (χ2n) is 7.95. The first-order chi connectivity index (χ1) is 13.5. The highest BCUT2D eigenvalue weighted by Gasteiger charge is 2.15. The van der Waals surface area contributed by atoms with Gasteiger partial charge in [0.1, 0.15) is 11.4 Å². The van der Waals surface area contributed by atoms with E-state index in [2.05, 4.69) is 56.8 Å². The Morgan fingerprint density at radius 3 is 2.00 bits per heavy atom. The van der Waals surface area contributed by atoms with Crippen molar-refractivity contribution in [1.29, 1.82) is 0 Å². The maximum Gasteiger partial charge on any atom is 0.333 e. The minimum atomic E-state index is -0.407. The Morgan fingerprint density at radius 2 is 1.55 bits per heavy atom. The lowest BCUT2D eigenvalue weighted by Crippen LogP contribution is -2.23. The van der Waals surface area contributed by atoms with Crippen LogP contribution in [0.1, 0.15) is 51.3 Å². The van der Waals surface area contributed by atoms with Crippen molar-refractivity contribution in [3.05, 3.63) is 89.5 Å². The van der Waals surface area contributed by atoms with Crippen molar-refractivity contribution < 1.29 is 14.6 Å². The quantitative estimate of drug-likeness (QED) is 0.357. The van der Waals surface area contributed by atoms with Gasteiger partial charge in [-0.1, -0.05) is 66.8 Å². The molecule has 0 atom stereocenters. The number of phenolic OH excluding ortho intramolecular Hbond substituents is 1. The Bertz CT molecular complexity index is 862. The number of benzene rings is 2. The van der Waals surface area contributed by atoms with Crippen LogP contribution in [0.25, 0.3) is 11.6 Å². The molecule has 2 aromatic rings. The molecule has 0 fully saturated rings. The zero-order valence-electron chi connectivity index (χ0n) is 18.3. The topological polar surface area (TPSA) is 46.5 Å². The number of rotatable bonds is 4. The summed E-state index contributed by atoms with van der Waals surface area (Å²) in [4.78, 5) is 10.8. The van der Waals surface area contributed by atoms with Gasteiger partial charge in [0.25, 0.3) is 0 Å². The summed E-state index contributed by atoms with van der Waals surface area (Å²) in [5, 5.41) is 9.25. The molecule has 1 N–H and O–H groups in total. The van der Waals surface area contributed by atoms with Crippen LogP contribution in [0.3, 0.4) is 0 Å². The van der Waals surface area contributed by atoms with Gasteiger partial charge in [0.15, 0.2) is 0 Å². The standard InChI is InChI=1S/C18H18O.C8H14O2/c1-14-6-8-16(9-7-14)5-3-4-15(2)17-10-12-18(19)13-11-17;1-6(2)7(9)10-8(3,4)5/h3-13,19H,1-2H3;1H2,2-5H3. The van der Waals surface area contributed by atoms with E-state index in [1.165, 1.54) is 16.7 Å². The second kappa shape index (κ2) is 11.1. The van der Waals surface area contributed by atoms with Crippen molar-refractivity contribution in [3.8, 4) is 5.75 Å². The second-order valence-corrected chi connectivity index (χ2v) is 7.95. The molecule has 0 heterocycles. The molecule has 0 aliphatic carbocycles. The molecule has 3 nitrogen and oxygen atoms in total. The SMILES string of the molecule is C=C(C)C(=O)OC(C)(C)C.CC(=CC=Cc1ccc(C)cc1)c1ccc(O)cc1. The smallest absolute Gasteiger partial charge is 0.333 e. The van der Waals surface area contributed by atoms with Crippen molar-refractivity contribution in [2.75, 3.05) is 0 Å². The summed E-state index contributed by atoms with van der Waals surface area (Å²) in [6.07, 6.45) is 6.21. The molecule has 29 heavy (non-hydrogen) atoms. The summed E-state index contributed by atoms with van der Waals surface area (Å²) in [5.74, 6) is -0.0285. The summed E-state index contributed by atoms with van der Waals surface area (Å²) in [7, 11) is 0. The fourth-order valence-electron chi connectivity index (χ4n) is 2.17. The maximum atomic E-state index is 10.8. The number of esters is 1. The zero-order valence-corrected chi connectivity index (χ0v) is 18.3. The van der Waals surface area contributed by atoms with E-state index in [0.29, 0.717) is 11.3 Å². The number of aryl methyl sites for hydroxylation is 1. The van der Waals surface area contributed by atoms with E-state index < -0.39 is 5.60 Å². The van der Waals surface area contributed by atoms with Gasteiger partial charge in [0.2, 0.25) is 0 Å². The van der Waals surface area contributed by atoms with Gasteiger partial charge in [0, 0.05) is 5.57 Å². The Hall–Kier alpha value is -3.07. The average Bonchev–Trinajstić information content (AvgIpc) is 2.63. The van der Waals surface area contributed by atoms with Crippen molar-refractivity contribution >= 4 is 17.6 Å². The first-order valence-corrected chi connectivity index (χ1v) is 9.58. The van der Waals surface area contributed by atoms with Gasteiger partial charge in [-0.25, -0.2) is 4.79 Å². The molecule has 0 saturated heterocycles. The van der Waals surface area contributed by atoms with Gasteiger partial charge in [-0.05, 0) is 70.4 Å². The molecule has 0 unspecified atom stereocenters. The summed E-state index contributed by atoms with van der Waals surface area (Å²) >= 11 is 0. The van der Waals surface area contributed by atoms with Gasteiger partial charge in [-0.3, -0.25) is 0 Å². The fraction of sp³-hybridized carbons (Fsp3) is 0.269. The highest BCUT2D eigenvalue weighted by atomic mass is 16.6. The molecule has 0 aliphatic rings. The van der Waals surface area contributed by atoms with Crippen molar-refractivity contribution in [2.45, 2.75) is 47.1 Å². The number of hydrogen-bond donors (Lipinski definition) is 1. The molecule has 0 bridgehead atoms. The van der Waals surface area contributed by atoms with Crippen molar-refractivity contribution in [3.63, 3.8) is 0 Å². The highest BCUT2D eigenvalue weighted by molar-refractivity contribution is 5.87.